The van der Waals surface area contributed by atoms with Gasteiger partial charge in [-0.2, -0.15) is 0 Å². The van der Waals surface area contributed by atoms with Crippen molar-refractivity contribution in [1.82, 2.24) is 5.32 Å². The number of aliphatic hydroxyl groups excluding tert-OH is 1. The Balaban J connectivity index is 2.19. The van der Waals surface area contributed by atoms with Crippen LogP contribution < -0.4 is 11.1 Å². The summed E-state index contributed by atoms with van der Waals surface area (Å²) < 4.78 is 0.309. The zero-order valence-electron chi connectivity index (χ0n) is 9.63. The van der Waals surface area contributed by atoms with E-state index in [9.17, 15) is 9.90 Å². The predicted molar refractivity (Wildman–Crippen MR) is 74.5 cm³/mol. The van der Waals surface area contributed by atoms with E-state index in [2.05, 4.69) is 5.32 Å². The molecular weight excluding hydrogens is 295 g/mol. The lowest BCUT2D eigenvalue weighted by Crippen LogP contribution is -2.49. The second-order valence-electron chi connectivity index (χ2n) is 4.53. The van der Waals surface area contributed by atoms with Gasteiger partial charge in [0.25, 0.3) is 5.91 Å². The van der Waals surface area contributed by atoms with Gasteiger partial charge in [0.2, 0.25) is 0 Å². The molecule has 0 radical (unpaired) electrons. The van der Waals surface area contributed by atoms with E-state index in [4.69, 9.17) is 28.9 Å². The summed E-state index contributed by atoms with van der Waals surface area (Å²) in [5.41, 5.74) is 5.42. The molecule has 1 saturated carbocycles. The number of nitrogen functional groups attached to an aromatic ring is 1. The predicted octanol–water partition coefficient (Wildman–Crippen LogP) is 2.67. The number of thiophene rings is 1. The van der Waals surface area contributed by atoms with Crippen LogP contribution in [0.5, 0.6) is 0 Å². The molecule has 18 heavy (non-hydrogen) atoms. The molecular formula is C11H14Cl2N2O2S. The highest BCUT2D eigenvalue weighted by Crippen LogP contribution is 2.39. The van der Waals surface area contributed by atoms with Gasteiger partial charge in [0.15, 0.2) is 0 Å². The van der Waals surface area contributed by atoms with Crippen LogP contribution in [0.25, 0.3) is 0 Å². The standard InChI is InChI=1S/C11H14Cl2N2O2S/c12-6-7(14)8(18-9(6)13)10(17)15-11(5-16)3-1-2-4-11/h16H,1-5,14H2,(H,15,17). The topological polar surface area (TPSA) is 75.4 Å². The van der Waals surface area contributed by atoms with E-state index in [1.807, 2.05) is 0 Å². The van der Waals surface area contributed by atoms with Gasteiger partial charge in [0.05, 0.1) is 22.9 Å². The van der Waals surface area contributed by atoms with Crippen molar-refractivity contribution < 1.29 is 9.90 Å². The summed E-state index contributed by atoms with van der Waals surface area (Å²) in [6, 6.07) is 0. The van der Waals surface area contributed by atoms with Gasteiger partial charge in [-0.05, 0) is 12.8 Å². The zero-order chi connectivity index (χ0) is 13.3. The largest absolute Gasteiger partial charge is 0.396 e. The molecule has 7 heteroatoms. The van der Waals surface area contributed by atoms with Crippen molar-refractivity contribution in [2.45, 2.75) is 31.2 Å². The van der Waals surface area contributed by atoms with Crippen LogP contribution in [0.3, 0.4) is 0 Å². The van der Waals surface area contributed by atoms with Crippen LogP contribution in [0.15, 0.2) is 0 Å². The summed E-state index contributed by atoms with van der Waals surface area (Å²) >= 11 is 12.7. The number of hydrogen-bond donors (Lipinski definition) is 3. The maximum Gasteiger partial charge on any atom is 0.264 e. The molecule has 4 nitrogen and oxygen atoms in total. The summed E-state index contributed by atoms with van der Waals surface area (Å²) in [5.74, 6) is -0.317. The summed E-state index contributed by atoms with van der Waals surface area (Å²) in [7, 11) is 0. The van der Waals surface area contributed by atoms with Crippen molar-refractivity contribution in [2.75, 3.05) is 12.3 Å². The molecule has 0 atom stereocenters. The summed E-state index contributed by atoms with van der Waals surface area (Å²) in [5, 5.41) is 12.5. The average molecular weight is 309 g/mol. The Bertz CT molecular complexity index is 470. The SMILES string of the molecule is Nc1c(C(=O)NC2(CO)CCCC2)sc(Cl)c1Cl. The Morgan fingerprint density at radius 1 is 1.44 bits per heavy atom. The lowest BCUT2D eigenvalue weighted by atomic mass is 9.99. The number of aliphatic hydroxyl groups is 1. The van der Waals surface area contributed by atoms with E-state index in [0.717, 1.165) is 37.0 Å². The lowest BCUT2D eigenvalue weighted by Gasteiger charge is -2.27. The van der Waals surface area contributed by atoms with Crippen LogP contribution in [0.1, 0.15) is 35.4 Å². The Labute approximate surface area is 119 Å². The molecule has 0 unspecified atom stereocenters. The number of nitrogens with two attached hydrogens (primary N) is 1. The lowest BCUT2D eigenvalue weighted by molar-refractivity contribution is 0.0843. The fraction of sp³-hybridized carbons (Fsp3) is 0.545. The summed E-state index contributed by atoms with van der Waals surface area (Å²) in [4.78, 5) is 12.5. The first-order valence-electron chi connectivity index (χ1n) is 5.66. The second-order valence-corrected chi connectivity index (χ2v) is 6.53. The van der Waals surface area contributed by atoms with Crippen molar-refractivity contribution >= 4 is 46.1 Å². The molecule has 100 valence electrons. The van der Waals surface area contributed by atoms with Gasteiger partial charge >= 0.3 is 0 Å². The molecule has 1 aromatic heterocycles. The average Bonchev–Trinajstić information content (AvgIpc) is 2.91. The molecule has 1 fully saturated rings. The van der Waals surface area contributed by atoms with Crippen molar-refractivity contribution in [3.8, 4) is 0 Å². The molecule has 1 amide bonds. The van der Waals surface area contributed by atoms with Gasteiger partial charge in [-0.3, -0.25) is 4.79 Å². The minimum absolute atomic E-state index is 0.0640. The second kappa shape index (κ2) is 5.25. The maximum absolute atomic E-state index is 12.1. The van der Waals surface area contributed by atoms with E-state index >= 15 is 0 Å². The Hall–Kier alpha value is -0.490. The smallest absolute Gasteiger partial charge is 0.264 e. The van der Waals surface area contributed by atoms with Crippen LogP contribution in [0.4, 0.5) is 5.69 Å². The third-order valence-corrected chi connectivity index (χ3v) is 5.31. The summed E-state index contributed by atoms with van der Waals surface area (Å²) in [6.07, 6.45) is 3.56. The molecule has 1 aliphatic rings. The fourth-order valence-electron chi connectivity index (χ4n) is 2.24. The molecule has 0 aromatic carbocycles. The first kappa shape index (κ1) is 13.9. The van der Waals surface area contributed by atoms with Gasteiger partial charge in [0.1, 0.15) is 9.21 Å². The highest BCUT2D eigenvalue weighted by atomic mass is 35.5. The van der Waals surface area contributed by atoms with E-state index in [0.29, 0.717) is 9.21 Å². The van der Waals surface area contributed by atoms with Gasteiger partial charge < -0.3 is 16.2 Å². The Morgan fingerprint density at radius 2 is 2.06 bits per heavy atom. The fourth-order valence-corrected chi connectivity index (χ4v) is 3.57. The highest BCUT2D eigenvalue weighted by molar-refractivity contribution is 7.19. The minimum atomic E-state index is -0.521. The van der Waals surface area contributed by atoms with Crippen LogP contribution >= 0.6 is 34.5 Å². The van der Waals surface area contributed by atoms with Gasteiger partial charge in [-0.1, -0.05) is 36.0 Å². The molecule has 0 saturated heterocycles. The number of hydrogen-bond acceptors (Lipinski definition) is 4. The molecule has 0 aliphatic heterocycles. The van der Waals surface area contributed by atoms with Gasteiger partial charge in [-0.25, -0.2) is 0 Å². The van der Waals surface area contributed by atoms with Crippen LogP contribution in [0, 0.1) is 0 Å². The number of rotatable bonds is 3. The summed E-state index contributed by atoms with van der Waals surface area (Å²) in [6.45, 7) is -0.0640. The molecule has 4 N–H and O–H groups in total. The normalized spacial score (nSPS) is 17.9. The van der Waals surface area contributed by atoms with E-state index in [1.54, 1.807) is 0 Å². The Kier molecular flexibility index (Phi) is 4.06. The molecule has 0 bridgehead atoms. The van der Waals surface area contributed by atoms with Crippen molar-refractivity contribution in [2.24, 2.45) is 0 Å². The Morgan fingerprint density at radius 3 is 2.50 bits per heavy atom. The van der Waals surface area contributed by atoms with Crippen molar-refractivity contribution in [1.29, 1.82) is 0 Å². The van der Waals surface area contributed by atoms with Crippen molar-refractivity contribution in [3.63, 3.8) is 0 Å². The number of halogens is 2. The first-order chi connectivity index (χ1) is 8.49. The quantitative estimate of drug-likeness (QED) is 0.803. The van der Waals surface area contributed by atoms with Crippen LogP contribution in [-0.2, 0) is 0 Å². The third kappa shape index (κ3) is 2.45. The number of carbonyl (C=O) groups is 1. The van der Waals surface area contributed by atoms with Crippen LogP contribution in [0.2, 0.25) is 9.36 Å². The van der Waals surface area contributed by atoms with Crippen molar-refractivity contribution in [3.05, 3.63) is 14.2 Å². The first-order valence-corrected chi connectivity index (χ1v) is 7.23. The van der Waals surface area contributed by atoms with E-state index in [1.165, 1.54) is 0 Å². The maximum atomic E-state index is 12.1. The zero-order valence-corrected chi connectivity index (χ0v) is 12.0. The third-order valence-electron chi connectivity index (χ3n) is 3.29. The number of amides is 1. The van der Waals surface area contributed by atoms with Gasteiger partial charge in [0, 0.05) is 0 Å². The van der Waals surface area contributed by atoms with E-state index < -0.39 is 5.54 Å². The molecule has 0 spiro atoms. The molecule has 1 aliphatic carbocycles. The monoisotopic (exact) mass is 308 g/mol. The number of carbonyl (C=O) groups excluding carboxylic acids is 1. The highest BCUT2D eigenvalue weighted by Gasteiger charge is 2.35. The molecule has 1 heterocycles. The van der Waals surface area contributed by atoms with Crippen LogP contribution in [-0.4, -0.2) is 23.2 Å². The molecule has 1 aromatic rings. The number of anilines is 1. The van der Waals surface area contributed by atoms with Gasteiger partial charge in [-0.15, -0.1) is 11.3 Å². The number of nitrogens with one attached hydrogen (secondary N) is 1. The van der Waals surface area contributed by atoms with E-state index in [-0.39, 0.29) is 23.2 Å². The molecule has 2 rings (SSSR count). The minimum Gasteiger partial charge on any atom is -0.396 e.